The summed E-state index contributed by atoms with van der Waals surface area (Å²) in [7, 11) is 0. The summed E-state index contributed by atoms with van der Waals surface area (Å²) in [5, 5.41) is 3.25. The zero-order valence-electron chi connectivity index (χ0n) is 9.52. The van der Waals surface area contributed by atoms with Crippen molar-refractivity contribution in [2.75, 3.05) is 13.1 Å². The summed E-state index contributed by atoms with van der Waals surface area (Å²) in [5.41, 5.74) is 0.803. The summed E-state index contributed by atoms with van der Waals surface area (Å²) in [5.74, 6) is -0.354. The Labute approximate surface area is 94.9 Å². The van der Waals surface area contributed by atoms with Crippen molar-refractivity contribution in [3.63, 3.8) is 0 Å². The molecule has 0 spiro atoms. The van der Waals surface area contributed by atoms with Gasteiger partial charge in [0, 0.05) is 5.56 Å². The molecule has 1 aliphatic heterocycles. The molecule has 0 radical (unpaired) electrons. The van der Waals surface area contributed by atoms with Crippen LogP contribution in [-0.2, 0) is 6.42 Å². The van der Waals surface area contributed by atoms with Crippen LogP contribution in [0.5, 0.6) is 0 Å². The normalized spacial score (nSPS) is 17.7. The van der Waals surface area contributed by atoms with E-state index in [-0.39, 0.29) is 11.4 Å². The van der Waals surface area contributed by atoms with Gasteiger partial charge in [0.2, 0.25) is 0 Å². The van der Waals surface area contributed by atoms with Crippen LogP contribution in [0.2, 0.25) is 0 Å². The summed E-state index contributed by atoms with van der Waals surface area (Å²) < 4.78 is 27.3. The van der Waals surface area contributed by atoms with Crippen molar-refractivity contribution in [2.45, 2.75) is 26.2 Å². The number of hydrogen-bond donors (Lipinski definition) is 1. The van der Waals surface area contributed by atoms with E-state index in [9.17, 15) is 8.78 Å². The topological polar surface area (TPSA) is 12.0 Å². The second-order valence-corrected chi connectivity index (χ2v) is 4.55. The lowest BCUT2D eigenvalue weighted by atomic mass is 9.90. The van der Waals surface area contributed by atoms with Gasteiger partial charge in [-0.1, -0.05) is 6.07 Å². The van der Waals surface area contributed by atoms with Crippen LogP contribution >= 0.6 is 0 Å². The zero-order valence-corrected chi connectivity index (χ0v) is 9.52. The van der Waals surface area contributed by atoms with Gasteiger partial charge in [-0.05, 0) is 56.8 Å². The van der Waals surface area contributed by atoms with E-state index in [1.807, 2.05) is 0 Å². The average Bonchev–Trinajstić information content (AvgIpc) is 2.31. The molecule has 0 aliphatic carbocycles. The highest BCUT2D eigenvalue weighted by molar-refractivity contribution is 5.27. The predicted molar refractivity (Wildman–Crippen MR) is 60.4 cm³/mol. The van der Waals surface area contributed by atoms with Gasteiger partial charge in [-0.25, -0.2) is 8.78 Å². The molecular formula is C13H17F2N. The van der Waals surface area contributed by atoms with Crippen LogP contribution < -0.4 is 5.32 Å². The summed E-state index contributed by atoms with van der Waals surface area (Å²) in [6, 6.07) is 2.87. The van der Waals surface area contributed by atoms with Gasteiger partial charge in [0.1, 0.15) is 11.6 Å². The van der Waals surface area contributed by atoms with E-state index in [2.05, 4.69) is 5.32 Å². The van der Waals surface area contributed by atoms with Gasteiger partial charge >= 0.3 is 0 Å². The van der Waals surface area contributed by atoms with Crippen LogP contribution in [0.4, 0.5) is 8.78 Å². The summed E-state index contributed by atoms with van der Waals surface area (Å²) in [4.78, 5) is 0. The van der Waals surface area contributed by atoms with Crippen molar-refractivity contribution in [1.29, 1.82) is 0 Å². The van der Waals surface area contributed by atoms with Gasteiger partial charge in [-0.2, -0.15) is 0 Å². The molecule has 0 atom stereocenters. The molecule has 1 N–H and O–H groups in total. The molecule has 1 saturated heterocycles. The highest BCUT2D eigenvalue weighted by atomic mass is 19.1. The first-order valence-corrected chi connectivity index (χ1v) is 5.82. The standard InChI is InChI=1S/C13H17F2N/c1-9-2-3-12(14)11(13(9)15)8-10-4-6-16-7-5-10/h2-3,10,16H,4-8H2,1H3. The first kappa shape index (κ1) is 11.5. The van der Waals surface area contributed by atoms with E-state index in [0.717, 1.165) is 25.9 Å². The van der Waals surface area contributed by atoms with Crippen LogP contribution in [0.25, 0.3) is 0 Å². The lowest BCUT2D eigenvalue weighted by molar-refractivity contribution is 0.363. The second-order valence-electron chi connectivity index (χ2n) is 4.55. The fourth-order valence-corrected chi connectivity index (χ4v) is 2.28. The third-order valence-corrected chi connectivity index (χ3v) is 3.33. The largest absolute Gasteiger partial charge is 0.317 e. The van der Waals surface area contributed by atoms with Gasteiger partial charge in [-0.15, -0.1) is 0 Å². The number of benzene rings is 1. The molecule has 0 amide bonds. The highest BCUT2D eigenvalue weighted by Crippen LogP contribution is 2.23. The molecule has 0 bridgehead atoms. The summed E-state index contributed by atoms with van der Waals surface area (Å²) in [6.07, 6.45) is 2.54. The van der Waals surface area contributed by atoms with Crippen LogP contribution in [0.3, 0.4) is 0 Å². The molecule has 1 nitrogen and oxygen atoms in total. The first-order valence-electron chi connectivity index (χ1n) is 5.82. The van der Waals surface area contributed by atoms with E-state index in [1.165, 1.54) is 12.1 Å². The molecule has 1 heterocycles. The maximum Gasteiger partial charge on any atom is 0.132 e. The molecule has 0 unspecified atom stereocenters. The number of halogens is 2. The van der Waals surface area contributed by atoms with E-state index in [4.69, 9.17) is 0 Å². The van der Waals surface area contributed by atoms with Crippen LogP contribution in [0.1, 0.15) is 24.0 Å². The molecule has 0 aromatic heterocycles. The molecule has 1 fully saturated rings. The smallest absolute Gasteiger partial charge is 0.132 e. The molecule has 1 aromatic rings. The van der Waals surface area contributed by atoms with Gasteiger partial charge in [0.05, 0.1) is 0 Å². The minimum Gasteiger partial charge on any atom is -0.317 e. The molecule has 0 saturated carbocycles. The third kappa shape index (κ3) is 2.40. The fourth-order valence-electron chi connectivity index (χ4n) is 2.28. The van der Waals surface area contributed by atoms with Gasteiger partial charge < -0.3 is 5.32 Å². The van der Waals surface area contributed by atoms with Crippen molar-refractivity contribution in [3.8, 4) is 0 Å². The summed E-state index contributed by atoms with van der Waals surface area (Å²) in [6.45, 7) is 3.60. The lowest BCUT2D eigenvalue weighted by Gasteiger charge is -2.23. The van der Waals surface area contributed by atoms with E-state index < -0.39 is 5.82 Å². The monoisotopic (exact) mass is 225 g/mol. The lowest BCUT2D eigenvalue weighted by Crippen LogP contribution is -2.29. The molecule has 2 rings (SSSR count). The van der Waals surface area contributed by atoms with Crippen molar-refractivity contribution >= 4 is 0 Å². The average molecular weight is 225 g/mol. The van der Waals surface area contributed by atoms with Crippen LogP contribution in [0, 0.1) is 24.5 Å². The Kier molecular flexibility index (Phi) is 3.54. The number of aryl methyl sites for hydroxylation is 1. The van der Waals surface area contributed by atoms with E-state index in [1.54, 1.807) is 6.92 Å². The Morgan fingerprint density at radius 2 is 1.94 bits per heavy atom. The summed E-state index contributed by atoms with van der Waals surface area (Å²) >= 11 is 0. The number of piperidine rings is 1. The van der Waals surface area contributed by atoms with Crippen molar-refractivity contribution in [3.05, 3.63) is 34.9 Å². The Hall–Kier alpha value is -0.960. The van der Waals surface area contributed by atoms with E-state index in [0.29, 0.717) is 17.9 Å². The SMILES string of the molecule is Cc1ccc(F)c(CC2CCNCC2)c1F. The van der Waals surface area contributed by atoms with Crippen LogP contribution in [-0.4, -0.2) is 13.1 Å². The number of nitrogens with one attached hydrogen (secondary N) is 1. The Bertz CT molecular complexity index is 370. The number of hydrogen-bond acceptors (Lipinski definition) is 1. The molecule has 88 valence electrons. The minimum absolute atomic E-state index is 0.270. The van der Waals surface area contributed by atoms with Gasteiger partial charge in [0.25, 0.3) is 0 Å². The first-order chi connectivity index (χ1) is 7.68. The quantitative estimate of drug-likeness (QED) is 0.816. The number of rotatable bonds is 2. The zero-order chi connectivity index (χ0) is 11.5. The second kappa shape index (κ2) is 4.91. The molecule has 1 aliphatic rings. The fraction of sp³-hybridized carbons (Fsp3) is 0.538. The van der Waals surface area contributed by atoms with Crippen LogP contribution in [0.15, 0.2) is 12.1 Å². The Balaban J connectivity index is 2.16. The Morgan fingerprint density at radius 3 is 2.62 bits per heavy atom. The predicted octanol–water partition coefficient (Wildman–Crippen LogP) is 2.82. The maximum absolute atomic E-state index is 13.8. The third-order valence-electron chi connectivity index (χ3n) is 3.33. The maximum atomic E-state index is 13.8. The minimum atomic E-state index is -0.401. The Morgan fingerprint density at radius 1 is 1.25 bits per heavy atom. The van der Waals surface area contributed by atoms with Gasteiger partial charge in [0.15, 0.2) is 0 Å². The van der Waals surface area contributed by atoms with Crippen molar-refractivity contribution in [1.82, 2.24) is 5.32 Å². The molecule has 16 heavy (non-hydrogen) atoms. The molecule has 3 heteroatoms. The van der Waals surface area contributed by atoms with Crippen molar-refractivity contribution in [2.24, 2.45) is 5.92 Å². The highest BCUT2D eigenvalue weighted by Gasteiger charge is 2.18. The molecular weight excluding hydrogens is 208 g/mol. The van der Waals surface area contributed by atoms with Crippen molar-refractivity contribution < 1.29 is 8.78 Å². The van der Waals surface area contributed by atoms with Gasteiger partial charge in [-0.3, -0.25) is 0 Å². The molecule has 1 aromatic carbocycles. The van der Waals surface area contributed by atoms with E-state index >= 15 is 0 Å².